The van der Waals surface area contributed by atoms with Crippen LogP contribution in [0.3, 0.4) is 0 Å². The van der Waals surface area contributed by atoms with Crippen molar-refractivity contribution in [3.8, 4) is 0 Å². The number of nitrogens with one attached hydrogen (secondary N) is 1. The second kappa shape index (κ2) is 7.72. The molecule has 1 aromatic heterocycles. The number of piperidine rings is 1. The van der Waals surface area contributed by atoms with Gasteiger partial charge in [0.05, 0.1) is 0 Å². The smallest absolute Gasteiger partial charge is 0.356 e. The zero-order valence-corrected chi connectivity index (χ0v) is 15.3. The minimum Gasteiger partial charge on any atom is -0.356 e. The molecule has 27 heavy (non-hydrogen) atoms. The van der Waals surface area contributed by atoms with Crippen LogP contribution < -0.4 is 10.2 Å². The Bertz CT molecular complexity index is 836. The Hall–Kier alpha value is -2.35. The molecular weight excluding hydrogens is 381 g/mol. The lowest BCUT2D eigenvalue weighted by molar-refractivity contribution is -0.141. The molecule has 2 aromatic rings. The molecule has 1 amide bonds. The molecule has 5 nitrogen and oxygen atoms in total. The number of benzene rings is 1. The Morgan fingerprint density at radius 1 is 1.22 bits per heavy atom. The fraction of sp³-hybridized carbons (Fsp3) is 0.389. The molecule has 9 heteroatoms. The highest BCUT2D eigenvalue weighted by Crippen LogP contribution is 2.30. The van der Waals surface area contributed by atoms with Gasteiger partial charge in [0.2, 0.25) is 5.91 Å². The molecule has 1 fully saturated rings. The minimum absolute atomic E-state index is 0.117. The summed E-state index contributed by atoms with van der Waals surface area (Å²) in [5.41, 5.74) is 0.582. The van der Waals surface area contributed by atoms with Gasteiger partial charge in [-0.15, -0.1) is 0 Å². The van der Waals surface area contributed by atoms with E-state index in [0.29, 0.717) is 36.6 Å². The van der Waals surface area contributed by atoms with E-state index in [1.165, 1.54) is 0 Å². The summed E-state index contributed by atoms with van der Waals surface area (Å²) in [5, 5.41) is 3.42. The quantitative estimate of drug-likeness (QED) is 0.836. The van der Waals surface area contributed by atoms with Crippen LogP contribution in [-0.4, -0.2) is 29.0 Å². The molecule has 1 aliphatic rings. The summed E-state index contributed by atoms with van der Waals surface area (Å²) in [6.45, 7) is 2.77. The van der Waals surface area contributed by atoms with Crippen LogP contribution in [0.1, 0.15) is 24.1 Å². The van der Waals surface area contributed by atoms with E-state index < -0.39 is 11.9 Å². The van der Waals surface area contributed by atoms with Crippen molar-refractivity contribution < 1.29 is 18.0 Å². The summed E-state index contributed by atoms with van der Waals surface area (Å²) in [6.07, 6.45) is -2.54. The highest BCUT2D eigenvalue weighted by Gasteiger charge is 2.34. The first kappa shape index (κ1) is 19.4. The van der Waals surface area contributed by atoms with Gasteiger partial charge in [0.25, 0.3) is 0 Å². The Morgan fingerprint density at radius 2 is 1.93 bits per heavy atom. The number of aryl methyl sites for hydroxylation is 1. The molecule has 0 unspecified atom stereocenters. The summed E-state index contributed by atoms with van der Waals surface area (Å²) in [6, 6.07) is 6.25. The van der Waals surface area contributed by atoms with E-state index in [2.05, 4.69) is 15.3 Å². The van der Waals surface area contributed by atoms with Crippen molar-refractivity contribution in [1.29, 1.82) is 0 Å². The van der Waals surface area contributed by atoms with E-state index in [1.807, 2.05) is 13.0 Å². The normalized spacial score (nSPS) is 15.7. The SMILES string of the molecule is Cc1ccc(NC(=O)C2CCN(c3cc(C(F)(F)F)ncn3)CC2)cc1Cl. The van der Waals surface area contributed by atoms with Crippen LogP contribution in [0.25, 0.3) is 0 Å². The number of alkyl halides is 3. The van der Waals surface area contributed by atoms with Gasteiger partial charge in [-0.25, -0.2) is 9.97 Å². The molecule has 0 atom stereocenters. The second-order valence-corrected chi connectivity index (χ2v) is 6.88. The average Bonchev–Trinajstić information content (AvgIpc) is 2.64. The predicted molar refractivity (Wildman–Crippen MR) is 96.8 cm³/mol. The molecule has 3 rings (SSSR count). The third kappa shape index (κ3) is 4.68. The van der Waals surface area contributed by atoms with Gasteiger partial charge in [-0.1, -0.05) is 17.7 Å². The van der Waals surface area contributed by atoms with Crippen molar-refractivity contribution in [2.24, 2.45) is 5.92 Å². The molecule has 0 radical (unpaired) electrons. The number of hydrogen-bond acceptors (Lipinski definition) is 4. The largest absolute Gasteiger partial charge is 0.433 e. The maximum atomic E-state index is 12.8. The van der Waals surface area contributed by atoms with Gasteiger partial charge in [-0.05, 0) is 37.5 Å². The van der Waals surface area contributed by atoms with Gasteiger partial charge in [-0.3, -0.25) is 4.79 Å². The van der Waals surface area contributed by atoms with Crippen molar-refractivity contribution in [2.75, 3.05) is 23.3 Å². The number of rotatable bonds is 3. The molecule has 0 saturated carbocycles. The van der Waals surface area contributed by atoms with E-state index in [4.69, 9.17) is 11.6 Å². The first-order valence-electron chi connectivity index (χ1n) is 8.45. The zero-order valence-electron chi connectivity index (χ0n) is 14.6. The highest BCUT2D eigenvalue weighted by atomic mass is 35.5. The number of halogens is 4. The second-order valence-electron chi connectivity index (χ2n) is 6.47. The summed E-state index contributed by atoms with van der Waals surface area (Å²) in [7, 11) is 0. The van der Waals surface area contributed by atoms with Gasteiger partial charge in [0.15, 0.2) is 0 Å². The van der Waals surface area contributed by atoms with Gasteiger partial charge >= 0.3 is 6.18 Å². The van der Waals surface area contributed by atoms with Gasteiger partial charge in [0.1, 0.15) is 17.8 Å². The fourth-order valence-electron chi connectivity index (χ4n) is 2.96. The minimum atomic E-state index is -4.51. The monoisotopic (exact) mass is 398 g/mol. The van der Waals surface area contributed by atoms with E-state index in [1.54, 1.807) is 17.0 Å². The summed E-state index contributed by atoms with van der Waals surface area (Å²) < 4.78 is 38.4. The molecule has 144 valence electrons. The standard InChI is InChI=1S/C18H18ClF3N4O/c1-11-2-3-13(8-14(11)19)25-17(27)12-4-6-26(7-5-12)16-9-15(18(20,21)22)23-10-24-16/h2-3,8-10,12H,4-7H2,1H3,(H,25,27). The number of hydrogen-bond donors (Lipinski definition) is 1. The van der Waals surface area contributed by atoms with Crippen LogP contribution in [0.4, 0.5) is 24.7 Å². The number of amides is 1. The van der Waals surface area contributed by atoms with E-state index in [0.717, 1.165) is 18.0 Å². The van der Waals surface area contributed by atoms with Crippen LogP contribution in [0.15, 0.2) is 30.6 Å². The van der Waals surface area contributed by atoms with E-state index in [-0.39, 0.29) is 17.6 Å². The molecule has 2 heterocycles. The molecule has 1 aliphatic heterocycles. The van der Waals surface area contributed by atoms with Crippen molar-refractivity contribution in [1.82, 2.24) is 9.97 Å². The highest BCUT2D eigenvalue weighted by molar-refractivity contribution is 6.31. The lowest BCUT2D eigenvalue weighted by Gasteiger charge is -2.32. The first-order valence-corrected chi connectivity index (χ1v) is 8.83. The molecule has 0 spiro atoms. The van der Waals surface area contributed by atoms with Gasteiger partial charge in [-0.2, -0.15) is 13.2 Å². The van der Waals surface area contributed by atoms with Crippen molar-refractivity contribution >= 4 is 29.0 Å². The topological polar surface area (TPSA) is 58.1 Å². The Labute approximate surface area is 159 Å². The van der Waals surface area contributed by atoms with Crippen LogP contribution in [0, 0.1) is 12.8 Å². The number of aromatic nitrogens is 2. The third-order valence-corrected chi connectivity index (χ3v) is 4.98. The van der Waals surface area contributed by atoms with Crippen molar-refractivity contribution in [3.63, 3.8) is 0 Å². The van der Waals surface area contributed by atoms with Gasteiger partial charge < -0.3 is 10.2 Å². The van der Waals surface area contributed by atoms with Crippen LogP contribution in [0.5, 0.6) is 0 Å². The zero-order chi connectivity index (χ0) is 19.6. The lowest BCUT2D eigenvalue weighted by atomic mass is 9.95. The molecule has 1 aromatic carbocycles. The van der Waals surface area contributed by atoms with Crippen LogP contribution in [0.2, 0.25) is 5.02 Å². The molecule has 1 N–H and O–H groups in total. The summed E-state index contributed by atoms with van der Waals surface area (Å²) in [4.78, 5) is 21.4. The summed E-state index contributed by atoms with van der Waals surface area (Å²) >= 11 is 6.06. The first-order chi connectivity index (χ1) is 12.7. The fourth-order valence-corrected chi connectivity index (χ4v) is 3.14. The van der Waals surface area contributed by atoms with E-state index in [9.17, 15) is 18.0 Å². The number of nitrogens with zero attached hydrogens (tertiary/aromatic N) is 3. The molecule has 0 aliphatic carbocycles. The van der Waals surface area contributed by atoms with E-state index >= 15 is 0 Å². The van der Waals surface area contributed by atoms with Gasteiger partial charge in [0, 0.05) is 35.8 Å². The number of carbonyl (C=O) groups is 1. The maximum Gasteiger partial charge on any atom is 0.433 e. The Balaban J connectivity index is 1.60. The number of anilines is 2. The molecule has 1 saturated heterocycles. The van der Waals surface area contributed by atoms with Crippen molar-refractivity contribution in [2.45, 2.75) is 25.9 Å². The third-order valence-electron chi connectivity index (χ3n) is 4.57. The predicted octanol–water partition coefficient (Wildman–Crippen LogP) is 4.31. The van der Waals surface area contributed by atoms with Crippen LogP contribution in [-0.2, 0) is 11.0 Å². The summed E-state index contributed by atoms with van der Waals surface area (Å²) in [5.74, 6) is -0.111. The van der Waals surface area contributed by atoms with Crippen LogP contribution >= 0.6 is 11.6 Å². The van der Waals surface area contributed by atoms with Crippen molar-refractivity contribution in [3.05, 3.63) is 46.9 Å². The Morgan fingerprint density at radius 3 is 2.56 bits per heavy atom. The molecular formula is C18H18ClF3N4O. The maximum absolute atomic E-state index is 12.8. The lowest BCUT2D eigenvalue weighted by Crippen LogP contribution is -2.38. The number of carbonyl (C=O) groups excluding carboxylic acids is 1. The molecule has 0 bridgehead atoms. The Kier molecular flexibility index (Phi) is 5.55. The average molecular weight is 399 g/mol.